The monoisotopic (exact) mass is 440 g/mol. The van der Waals surface area contributed by atoms with Crippen LogP contribution >= 0.6 is 23.2 Å². The molecule has 158 valence electrons. The van der Waals surface area contributed by atoms with Gasteiger partial charge in [-0.1, -0.05) is 37.0 Å². The highest BCUT2D eigenvalue weighted by molar-refractivity contribution is 6.35. The molecular weight excluding hydrogens is 415 g/mol. The van der Waals surface area contributed by atoms with E-state index in [1.807, 2.05) is 0 Å². The second kappa shape index (κ2) is 11.8. The molecule has 0 aromatic heterocycles. The standard InChI is InChI=1S/C21H26Cl2N2O4/c1-4-25(5-2)10-11-28-19-9-7-16(13-20(19)27-3)24-21(26)14-29-18-8-6-15(22)12-17(18)23/h6-9,12-13H,4-5,10-11,14H2,1-3H3,(H,24,26). The highest BCUT2D eigenvalue weighted by Gasteiger charge is 2.11. The number of methoxy groups -OCH3 is 1. The van der Waals surface area contributed by atoms with E-state index in [9.17, 15) is 4.79 Å². The second-order valence-electron chi connectivity index (χ2n) is 6.15. The first kappa shape index (κ1) is 23.1. The van der Waals surface area contributed by atoms with E-state index < -0.39 is 0 Å². The van der Waals surface area contributed by atoms with Gasteiger partial charge in [-0.25, -0.2) is 0 Å². The fourth-order valence-corrected chi connectivity index (χ4v) is 3.08. The lowest BCUT2D eigenvalue weighted by atomic mass is 10.2. The van der Waals surface area contributed by atoms with Crippen LogP contribution in [0.1, 0.15) is 13.8 Å². The van der Waals surface area contributed by atoms with Gasteiger partial charge in [0.05, 0.1) is 12.1 Å². The summed E-state index contributed by atoms with van der Waals surface area (Å²) in [6, 6.07) is 10.0. The molecule has 0 aliphatic carbocycles. The van der Waals surface area contributed by atoms with Gasteiger partial charge in [0.15, 0.2) is 18.1 Å². The molecule has 1 amide bonds. The fraction of sp³-hybridized carbons (Fsp3) is 0.381. The first-order valence-electron chi connectivity index (χ1n) is 9.37. The Labute approximate surface area is 181 Å². The summed E-state index contributed by atoms with van der Waals surface area (Å²) < 4.78 is 16.6. The zero-order valence-corrected chi connectivity index (χ0v) is 18.3. The van der Waals surface area contributed by atoms with Crippen LogP contribution in [-0.4, -0.2) is 50.8 Å². The quantitative estimate of drug-likeness (QED) is 0.546. The van der Waals surface area contributed by atoms with Gasteiger partial charge in [-0.2, -0.15) is 0 Å². The Morgan fingerprint density at radius 2 is 1.72 bits per heavy atom. The second-order valence-corrected chi connectivity index (χ2v) is 7.00. The Kier molecular flexibility index (Phi) is 9.38. The topological polar surface area (TPSA) is 60.0 Å². The van der Waals surface area contributed by atoms with Gasteiger partial charge in [-0.05, 0) is 43.4 Å². The predicted octanol–water partition coefficient (Wildman–Crippen LogP) is 4.74. The Hall–Kier alpha value is -2.15. The number of likely N-dealkylation sites (N-methyl/N-ethyl adjacent to an activating group) is 1. The molecule has 0 aliphatic heterocycles. The molecule has 0 heterocycles. The number of hydrogen-bond donors (Lipinski definition) is 1. The van der Waals surface area contributed by atoms with Crippen LogP contribution in [0.15, 0.2) is 36.4 Å². The molecule has 2 aromatic carbocycles. The minimum Gasteiger partial charge on any atom is -0.493 e. The van der Waals surface area contributed by atoms with Crippen molar-refractivity contribution in [2.24, 2.45) is 0 Å². The van der Waals surface area contributed by atoms with Gasteiger partial charge in [0.1, 0.15) is 12.4 Å². The van der Waals surface area contributed by atoms with E-state index in [0.717, 1.165) is 19.6 Å². The molecule has 0 bridgehead atoms. The molecule has 0 atom stereocenters. The van der Waals surface area contributed by atoms with Crippen molar-refractivity contribution in [1.29, 1.82) is 0 Å². The third-order valence-electron chi connectivity index (χ3n) is 4.26. The largest absolute Gasteiger partial charge is 0.493 e. The summed E-state index contributed by atoms with van der Waals surface area (Å²) >= 11 is 11.9. The maximum absolute atomic E-state index is 12.2. The number of nitrogens with zero attached hydrogens (tertiary/aromatic N) is 1. The lowest BCUT2D eigenvalue weighted by Crippen LogP contribution is -2.27. The molecule has 0 saturated carbocycles. The van der Waals surface area contributed by atoms with Crippen molar-refractivity contribution in [2.45, 2.75) is 13.8 Å². The summed E-state index contributed by atoms with van der Waals surface area (Å²) in [4.78, 5) is 14.5. The van der Waals surface area contributed by atoms with Crippen molar-refractivity contribution in [1.82, 2.24) is 4.90 Å². The smallest absolute Gasteiger partial charge is 0.262 e. The first-order chi connectivity index (χ1) is 14.0. The summed E-state index contributed by atoms with van der Waals surface area (Å²) in [5.74, 6) is 1.24. The number of carbonyl (C=O) groups excluding carboxylic acids is 1. The van der Waals surface area contributed by atoms with Crippen molar-refractivity contribution < 1.29 is 19.0 Å². The lowest BCUT2D eigenvalue weighted by molar-refractivity contribution is -0.118. The molecule has 2 rings (SSSR count). The fourth-order valence-electron chi connectivity index (χ4n) is 2.62. The van der Waals surface area contributed by atoms with Crippen molar-refractivity contribution in [3.05, 3.63) is 46.4 Å². The van der Waals surface area contributed by atoms with Gasteiger partial charge in [-0.15, -0.1) is 0 Å². The normalized spacial score (nSPS) is 10.7. The average molecular weight is 441 g/mol. The van der Waals surface area contributed by atoms with Gasteiger partial charge in [0.25, 0.3) is 5.91 Å². The number of hydrogen-bond acceptors (Lipinski definition) is 5. The molecule has 29 heavy (non-hydrogen) atoms. The summed E-state index contributed by atoms with van der Waals surface area (Å²) in [6.07, 6.45) is 0. The molecule has 1 N–H and O–H groups in total. The van der Waals surface area contributed by atoms with E-state index in [0.29, 0.717) is 39.6 Å². The van der Waals surface area contributed by atoms with Crippen LogP contribution in [0.25, 0.3) is 0 Å². The van der Waals surface area contributed by atoms with Crippen LogP contribution in [0.3, 0.4) is 0 Å². The van der Waals surface area contributed by atoms with Gasteiger partial charge in [0, 0.05) is 23.3 Å². The number of rotatable bonds is 11. The molecule has 2 aromatic rings. The third-order valence-corrected chi connectivity index (χ3v) is 4.79. The van der Waals surface area contributed by atoms with Crippen molar-refractivity contribution in [3.8, 4) is 17.2 Å². The predicted molar refractivity (Wildman–Crippen MR) is 117 cm³/mol. The van der Waals surface area contributed by atoms with Gasteiger partial charge >= 0.3 is 0 Å². The number of ether oxygens (including phenoxy) is 3. The van der Waals surface area contributed by atoms with E-state index in [1.165, 1.54) is 0 Å². The Morgan fingerprint density at radius 3 is 2.38 bits per heavy atom. The zero-order chi connectivity index (χ0) is 21.2. The van der Waals surface area contributed by atoms with Gasteiger partial charge in [0.2, 0.25) is 0 Å². The molecule has 0 radical (unpaired) electrons. The summed E-state index contributed by atoms with van der Waals surface area (Å²) in [7, 11) is 1.56. The van der Waals surface area contributed by atoms with Gasteiger partial charge < -0.3 is 24.4 Å². The molecule has 0 saturated heterocycles. The summed E-state index contributed by atoms with van der Waals surface area (Å²) in [5, 5.41) is 3.60. The van der Waals surface area contributed by atoms with Crippen LogP contribution in [0.5, 0.6) is 17.2 Å². The molecule has 6 nitrogen and oxygen atoms in total. The molecule has 8 heteroatoms. The van der Waals surface area contributed by atoms with E-state index in [1.54, 1.807) is 43.5 Å². The lowest BCUT2D eigenvalue weighted by Gasteiger charge is -2.19. The Morgan fingerprint density at radius 1 is 1.00 bits per heavy atom. The highest BCUT2D eigenvalue weighted by Crippen LogP contribution is 2.30. The highest BCUT2D eigenvalue weighted by atomic mass is 35.5. The van der Waals surface area contributed by atoms with E-state index >= 15 is 0 Å². The molecule has 0 aliphatic rings. The molecule has 0 fully saturated rings. The molecule has 0 spiro atoms. The van der Waals surface area contributed by atoms with Gasteiger partial charge in [-0.3, -0.25) is 4.79 Å². The number of nitrogens with one attached hydrogen (secondary N) is 1. The minimum atomic E-state index is -0.326. The number of anilines is 1. The number of carbonyl (C=O) groups is 1. The van der Waals surface area contributed by atoms with E-state index in [2.05, 4.69) is 24.1 Å². The maximum atomic E-state index is 12.2. The van der Waals surface area contributed by atoms with Crippen LogP contribution in [-0.2, 0) is 4.79 Å². The van der Waals surface area contributed by atoms with E-state index in [4.69, 9.17) is 37.4 Å². The minimum absolute atomic E-state index is 0.189. The van der Waals surface area contributed by atoms with Crippen molar-refractivity contribution in [3.63, 3.8) is 0 Å². The van der Waals surface area contributed by atoms with Crippen LogP contribution in [0.2, 0.25) is 10.0 Å². The Balaban J connectivity index is 1.90. The van der Waals surface area contributed by atoms with Crippen LogP contribution in [0.4, 0.5) is 5.69 Å². The average Bonchev–Trinajstić information content (AvgIpc) is 2.71. The van der Waals surface area contributed by atoms with E-state index in [-0.39, 0.29) is 12.5 Å². The van der Waals surface area contributed by atoms with Crippen molar-refractivity contribution in [2.75, 3.05) is 45.3 Å². The molecule has 0 unspecified atom stereocenters. The number of amides is 1. The maximum Gasteiger partial charge on any atom is 0.262 e. The molecular formula is C21H26Cl2N2O4. The SMILES string of the molecule is CCN(CC)CCOc1ccc(NC(=O)COc2ccc(Cl)cc2Cl)cc1OC. The zero-order valence-electron chi connectivity index (χ0n) is 16.8. The number of benzene rings is 2. The van der Waals surface area contributed by atoms with Crippen molar-refractivity contribution >= 4 is 34.8 Å². The first-order valence-corrected chi connectivity index (χ1v) is 10.1. The third kappa shape index (κ3) is 7.31. The Bertz CT molecular complexity index is 813. The summed E-state index contributed by atoms with van der Waals surface area (Å²) in [5.41, 5.74) is 0.578. The van der Waals surface area contributed by atoms with Crippen LogP contribution in [0, 0.1) is 0 Å². The van der Waals surface area contributed by atoms with Crippen LogP contribution < -0.4 is 19.5 Å². The number of halogens is 2. The summed E-state index contributed by atoms with van der Waals surface area (Å²) in [6.45, 7) is 7.39.